The first kappa shape index (κ1) is 10.9. The molecule has 0 amide bonds. The van der Waals surface area contributed by atoms with Crippen molar-refractivity contribution in [1.82, 2.24) is 0 Å². The molecule has 1 unspecified atom stereocenters. The quantitative estimate of drug-likeness (QED) is 0.461. The smallest absolute Gasteiger partial charge is 0.200 e. The lowest BCUT2D eigenvalue weighted by atomic mass is 10.5. The molecule has 1 atom stereocenters. The van der Waals surface area contributed by atoms with Gasteiger partial charge in [-0.3, -0.25) is 4.57 Å². The molecule has 0 aliphatic carbocycles. The fourth-order valence-corrected chi connectivity index (χ4v) is 1.91. The molecule has 4 heteroatoms. The lowest BCUT2D eigenvalue weighted by Gasteiger charge is -2.10. The van der Waals surface area contributed by atoms with E-state index in [2.05, 4.69) is 0 Å². The van der Waals surface area contributed by atoms with E-state index in [4.69, 9.17) is 4.52 Å². The van der Waals surface area contributed by atoms with Crippen molar-refractivity contribution in [2.45, 2.75) is 19.8 Å². The molecule has 66 valence electrons. The van der Waals surface area contributed by atoms with E-state index < -0.39 is 7.37 Å². The molecule has 11 heavy (non-hydrogen) atoms. The normalized spacial score (nSPS) is 15.8. The summed E-state index contributed by atoms with van der Waals surface area (Å²) >= 11 is 0. The number of aldehydes is 1. The molecule has 0 radical (unpaired) electrons. The van der Waals surface area contributed by atoms with Crippen LogP contribution in [0.15, 0.2) is 0 Å². The lowest BCUT2D eigenvalue weighted by molar-refractivity contribution is -0.107. The number of rotatable bonds is 6. The summed E-state index contributed by atoms with van der Waals surface area (Å²) in [4.78, 5) is 9.95. The maximum atomic E-state index is 11.4. The Hall–Kier alpha value is -0.140. The van der Waals surface area contributed by atoms with Crippen LogP contribution in [-0.2, 0) is 13.9 Å². The zero-order valence-corrected chi connectivity index (χ0v) is 7.97. The fourth-order valence-electron chi connectivity index (χ4n) is 0.636. The van der Waals surface area contributed by atoms with Gasteiger partial charge in [-0.25, -0.2) is 0 Å². The van der Waals surface area contributed by atoms with Gasteiger partial charge in [0.15, 0.2) is 0 Å². The van der Waals surface area contributed by atoms with Crippen molar-refractivity contribution >= 4 is 13.7 Å². The molecular formula is C7H15O3P. The molecule has 0 N–H and O–H groups in total. The Labute approximate surface area is 67.6 Å². The van der Waals surface area contributed by atoms with Crippen LogP contribution in [-0.4, -0.2) is 25.7 Å². The second-order valence-corrected chi connectivity index (χ2v) is 5.26. The summed E-state index contributed by atoms with van der Waals surface area (Å²) in [5, 5.41) is 0. The largest absolute Gasteiger partial charge is 0.329 e. The number of hydrogen-bond acceptors (Lipinski definition) is 3. The monoisotopic (exact) mass is 178 g/mol. The van der Waals surface area contributed by atoms with Crippen molar-refractivity contribution in [3.05, 3.63) is 0 Å². The van der Waals surface area contributed by atoms with Gasteiger partial charge in [-0.2, -0.15) is 0 Å². The lowest BCUT2D eigenvalue weighted by Crippen LogP contribution is -1.95. The number of carbonyl (C=O) groups is 1. The van der Waals surface area contributed by atoms with Gasteiger partial charge in [-0.05, 0) is 6.42 Å². The van der Waals surface area contributed by atoms with Crippen LogP contribution in [0.4, 0.5) is 0 Å². The summed E-state index contributed by atoms with van der Waals surface area (Å²) in [6.45, 7) is 4.05. The molecule has 0 fully saturated rings. The van der Waals surface area contributed by atoms with E-state index in [-0.39, 0.29) is 0 Å². The Bertz CT molecular complexity index is 156. The van der Waals surface area contributed by atoms with E-state index in [1.165, 1.54) is 0 Å². The van der Waals surface area contributed by atoms with Crippen molar-refractivity contribution in [3.8, 4) is 0 Å². The first-order chi connectivity index (χ1) is 5.12. The van der Waals surface area contributed by atoms with Crippen LogP contribution >= 0.6 is 7.37 Å². The summed E-state index contributed by atoms with van der Waals surface area (Å²) in [6, 6.07) is 0. The highest BCUT2D eigenvalue weighted by molar-refractivity contribution is 7.58. The van der Waals surface area contributed by atoms with Crippen molar-refractivity contribution in [3.63, 3.8) is 0 Å². The molecule has 0 heterocycles. The Morgan fingerprint density at radius 1 is 1.55 bits per heavy atom. The van der Waals surface area contributed by atoms with Gasteiger partial charge in [0.05, 0.1) is 6.61 Å². The second kappa shape index (κ2) is 5.50. The van der Waals surface area contributed by atoms with Gasteiger partial charge < -0.3 is 9.32 Å². The zero-order chi connectivity index (χ0) is 8.74. The van der Waals surface area contributed by atoms with Crippen LogP contribution in [0.3, 0.4) is 0 Å². The minimum absolute atomic E-state index is 0.331. The molecule has 0 aliphatic heterocycles. The summed E-state index contributed by atoms with van der Waals surface area (Å²) in [7, 11) is -2.46. The molecule has 0 saturated carbocycles. The summed E-state index contributed by atoms with van der Waals surface area (Å²) in [6.07, 6.45) is 2.33. The molecule has 0 aromatic carbocycles. The molecule has 0 aliphatic rings. The highest BCUT2D eigenvalue weighted by Crippen LogP contribution is 2.42. The number of carbonyl (C=O) groups excluding carboxylic acids is 1. The van der Waals surface area contributed by atoms with Crippen molar-refractivity contribution < 1.29 is 13.9 Å². The molecule has 0 aromatic heterocycles. The molecule has 0 saturated heterocycles. The highest BCUT2D eigenvalue weighted by Gasteiger charge is 2.13. The third-order valence-electron chi connectivity index (χ3n) is 1.22. The minimum atomic E-state index is -2.46. The van der Waals surface area contributed by atoms with Gasteiger partial charge in [0.2, 0.25) is 7.37 Å². The van der Waals surface area contributed by atoms with E-state index in [9.17, 15) is 9.36 Å². The minimum Gasteiger partial charge on any atom is -0.329 e. The molecular weight excluding hydrogens is 163 g/mol. The molecule has 0 rings (SSSR count). The van der Waals surface area contributed by atoms with Gasteiger partial charge in [-0.15, -0.1) is 0 Å². The van der Waals surface area contributed by atoms with Crippen molar-refractivity contribution in [2.24, 2.45) is 0 Å². The Kier molecular flexibility index (Phi) is 5.43. The third kappa shape index (κ3) is 6.27. The van der Waals surface area contributed by atoms with Crippen LogP contribution in [0.1, 0.15) is 19.8 Å². The first-order valence-corrected chi connectivity index (χ1v) is 6.03. The SMILES string of the molecule is CCCOP(C)(=O)CCC=O. The Morgan fingerprint density at radius 2 is 2.18 bits per heavy atom. The van der Waals surface area contributed by atoms with Gasteiger partial charge in [0.1, 0.15) is 6.29 Å². The molecule has 0 bridgehead atoms. The fraction of sp³-hybridized carbons (Fsp3) is 0.857. The molecule has 0 spiro atoms. The zero-order valence-electron chi connectivity index (χ0n) is 7.08. The molecule has 0 aromatic rings. The third-order valence-corrected chi connectivity index (χ3v) is 3.02. The van der Waals surface area contributed by atoms with Gasteiger partial charge in [0.25, 0.3) is 0 Å². The van der Waals surface area contributed by atoms with Crippen LogP contribution in [0.25, 0.3) is 0 Å². The van der Waals surface area contributed by atoms with Gasteiger partial charge >= 0.3 is 0 Å². The van der Waals surface area contributed by atoms with Crippen LogP contribution in [0.5, 0.6) is 0 Å². The maximum Gasteiger partial charge on any atom is 0.200 e. The average molecular weight is 178 g/mol. The Morgan fingerprint density at radius 3 is 2.64 bits per heavy atom. The van der Waals surface area contributed by atoms with E-state index in [1.807, 2.05) is 6.92 Å². The standard InChI is InChI=1S/C7H15O3P/c1-3-6-10-11(2,9)7-4-5-8/h5H,3-4,6-7H2,1-2H3. The average Bonchev–Trinajstić information content (AvgIpc) is 1.97. The van der Waals surface area contributed by atoms with E-state index >= 15 is 0 Å². The summed E-state index contributed by atoms with van der Waals surface area (Å²) in [5.41, 5.74) is 0. The van der Waals surface area contributed by atoms with Gasteiger partial charge in [-0.1, -0.05) is 6.92 Å². The van der Waals surface area contributed by atoms with E-state index in [1.54, 1.807) is 6.66 Å². The Balaban J connectivity index is 3.61. The second-order valence-electron chi connectivity index (χ2n) is 2.53. The highest BCUT2D eigenvalue weighted by atomic mass is 31.2. The number of hydrogen-bond donors (Lipinski definition) is 0. The van der Waals surface area contributed by atoms with E-state index in [0.29, 0.717) is 19.2 Å². The van der Waals surface area contributed by atoms with Gasteiger partial charge in [0, 0.05) is 19.2 Å². The predicted molar refractivity (Wildman–Crippen MR) is 45.3 cm³/mol. The topological polar surface area (TPSA) is 43.4 Å². The van der Waals surface area contributed by atoms with Crippen molar-refractivity contribution in [1.29, 1.82) is 0 Å². The van der Waals surface area contributed by atoms with Crippen molar-refractivity contribution in [2.75, 3.05) is 19.4 Å². The summed E-state index contributed by atoms with van der Waals surface area (Å²) < 4.78 is 16.4. The first-order valence-electron chi connectivity index (χ1n) is 3.77. The summed E-state index contributed by atoms with van der Waals surface area (Å²) in [5.74, 6) is 0. The van der Waals surface area contributed by atoms with E-state index in [0.717, 1.165) is 12.7 Å². The van der Waals surface area contributed by atoms with Crippen LogP contribution in [0.2, 0.25) is 0 Å². The predicted octanol–water partition coefficient (Wildman–Crippen LogP) is 1.91. The maximum absolute atomic E-state index is 11.4. The molecule has 3 nitrogen and oxygen atoms in total. The van der Waals surface area contributed by atoms with Crippen LogP contribution in [0, 0.1) is 0 Å². The van der Waals surface area contributed by atoms with Crippen LogP contribution < -0.4 is 0 Å².